The molecular weight excluding hydrogens is 242 g/mol. The van der Waals surface area contributed by atoms with Crippen molar-refractivity contribution in [3.8, 4) is 5.75 Å². The van der Waals surface area contributed by atoms with Gasteiger partial charge in [0.25, 0.3) is 0 Å². The molecule has 0 radical (unpaired) electrons. The first-order valence-electron chi connectivity index (χ1n) is 6.49. The van der Waals surface area contributed by atoms with Crippen LogP contribution in [0.25, 0.3) is 0 Å². The summed E-state index contributed by atoms with van der Waals surface area (Å²) in [6.45, 7) is 4.28. The Labute approximate surface area is 112 Å². The third-order valence-electron chi connectivity index (χ3n) is 2.74. The topological polar surface area (TPSA) is 74.2 Å². The van der Waals surface area contributed by atoms with Crippen LogP contribution in [-0.2, 0) is 13.0 Å². The van der Waals surface area contributed by atoms with Crippen LogP contribution in [0.15, 0.2) is 28.8 Å². The van der Waals surface area contributed by atoms with Crippen molar-refractivity contribution in [2.75, 3.05) is 0 Å². The highest BCUT2D eigenvalue weighted by Gasteiger charge is 2.10. The predicted octanol–water partition coefficient (Wildman–Crippen LogP) is 2.62. The average Bonchev–Trinajstić information content (AvgIpc) is 2.85. The summed E-state index contributed by atoms with van der Waals surface area (Å²) in [6.07, 6.45) is 1.78. The average molecular weight is 261 g/mol. The number of nitrogens with two attached hydrogens (primary N) is 1. The Bertz CT molecular complexity index is 523. The number of aromatic nitrogens is 2. The fourth-order valence-electron chi connectivity index (χ4n) is 1.79. The molecule has 5 nitrogen and oxygen atoms in total. The maximum atomic E-state index is 5.90. The molecule has 0 aliphatic rings. The summed E-state index contributed by atoms with van der Waals surface area (Å²) in [4.78, 5) is 4.26. The fourth-order valence-corrected chi connectivity index (χ4v) is 1.79. The van der Waals surface area contributed by atoms with Crippen molar-refractivity contribution in [1.82, 2.24) is 10.1 Å². The number of benzene rings is 1. The first-order chi connectivity index (χ1) is 9.20. The quantitative estimate of drug-likeness (QED) is 0.865. The van der Waals surface area contributed by atoms with E-state index in [1.165, 1.54) is 0 Å². The van der Waals surface area contributed by atoms with E-state index in [1.807, 2.05) is 31.2 Å². The second kappa shape index (κ2) is 6.33. The van der Waals surface area contributed by atoms with Gasteiger partial charge in [-0.25, -0.2) is 0 Å². The monoisotopic (exact) mass is 261 g/mol. The lowest BCUT2D eigenvalue weighted by Gasteiger charge is -2.12. The van der Waals surface area contributed by atoms with E-state index in [-0.39, 0.29) is 12.6 Å². The van der Waals surface area contributed by atoms with E-state index < -0.39 is 0 Å². The molecule has 2 N–H and O–H groups in total. The van der Waals surface area contributed by atoms with Gasteiger partial charge in [0.1, 0.15) is 5.75 Å². The van der Waals surface area contributed by atoms with Crippen LogP contribution in [0, 0.1) is 0 Å². The van der Waals surface area contributed by atoms with E-state index in [4.69, 9.17) is 15.0 Å². The summed E-state index contributed by atoms with van der Waals surface area (Å²) in [5.41, 5.74) is 6.87. The van der Waals surface area contributed by atoms with Gasteiger partial charge in [-0.1, -0.05) is 30.3 Å². The molecule has 1 atom stereocenters. The molecule has 0 fully saturated rings. The minimum Gasteiger partial charge on any atom is -0.485 e. The van der Waals surface area contributed by atoms with E-state index in [0.717, 1.165) is 24.2 Å². The summed E-state index contributed by atoms with van der Waals surface area (Å²) >= 11 is 0. The van der Waals surface area contributed by atoms with Gasteiger partial charge >= 0.3 is 0 Å². The zero-order valence-corrected chi connectivity index (χ0v) is 11.3. The van der Waals surface area contributed by atoms with Crippen LogP contribution in [0.2, 0.25) is 0 Å². The Morgan fingerprint density at radius 1 is 1.37 bits per heavy atom. The van der Waals surface area contributed by atoms with E-state index in [9.17, 15) is 0 Å². The van der Waals surface area contributed by atoms with Gasteiger partial charge < -0.3 is 15.0 Å². The summed E-state index contributed by atoms with van der Waals surface area (Å²) in [7, 11) is 0. The molecule has 5 heteroatoms. The number of aryl methyl sites for hydroxylation is 1. The maximum Gasteiger partial charge on any atom is 0.226 e. The smallest absolute Gasteiger partial charge is 0.226 e. The minimum absolute atomic E-state index is 0.0721. The largest absolute Gasteiger partial charge is 0.485 e. The predicted molar refractivity (Wildman–Crippen MR) is 71.7 cm³/mol. The van der Waals surface area contributed by atoms with Gasteiger partial charge in [-0.2, -0.15) is 4.98 Å². The summed E-state index contributed by atoms with van der Waals surface area (Å²) in [6, 6.07) is 7.64. The van der Waals surface area contributed by atoms with Gasteiger partial charge in [0.15, 0.2) is 6.61 Å². The second-order valence-corrected chi connectivity index (χ2v) is 4.47. The highest BCUT2D eigenvalue weighted by Crippen LogP contribution is 2.23. The number of rotatable bonds is 6. The van der Waals surface area contributed by atoms with E-state index in [1.54, 1.807) is 0 Å². The summed E-state index contributed by atoms with van der Waals surface area (Å²) in [5.74, 6) is 1.98. The first-order valence-corrected chi connectivity index (χ1v) is 6.49. The zero-order chi connectivity index (χ0) is 13.7. The molecule has 1 heterocycles. The van der Waals surface area contributed by atoms with Crippen LogP contribution in [0.1, 0.15) is 43.6 Å². The van der Waals surface area contributed by atoms with Gasteiger partial charge in [-0.3, -0.25) is 0 Å². The van der Waals surface area contributed by atoms with E-state index in [2.05, 4.69) is 17.1 Å². The molecule has 0 saturated carbocycles. The minimum atomic E-state index is -0.0721. The van der Waals surface area contributed by atoms with Crippen LogP contribution in [-0.4, -0.2) is 10.1 Å². The standard InChI is InChI=1S/C14H19N3O2/c1-3-6-14-16-13(17-19-14)9-18-12-8-5-4-7-11(12)10(2)15/h4-5,7-8,10H,3,6,9,15H2,1-2H3. The molecule has 0 aliphatic carbocycles. The third kappa shape index (κ3) is 3.54. The van der Waals surface area contributed by atoms with Crippen molar-refractivity contribution in [2.24, 2.45) is 5.73 Å². The number of para-hydroxylation sites is 1. The number of ether oxygens (including phenoxy) is 1. The molecule has 1 aromatic carbocycles. The second-order valence-electron chi connectivity index (χ2n) is 4.47. The molecule has 0 spiro atoms. The van der Waals surface area contributed by atoms with Crippen LogP contribution < -0.4 is 10.5 Å². The highest BCUT2D eigenvalue weighted by atomic mass is 16.5. The number of hydrogen-bond acceptors (Lipinski definition) is 5. The Kier molecular flexibility index (Phi) is 4.52. The molecule has 0 amide bonds. The van der Waals surface area contributed by atoms with E-state index in [0.29, 0.717) is 11.7 Å². The summed E-state index contributed by atoms with van der Waals surface area (Å²) in [5, 5.41) is 3.88. The molecule has 0 bridgehead atoms. The van der Waals surface area contributed by atoms with Crippen LogP contribution in [0.4, 0.5) is 0 Å². The molecule has 19 heavy (non-hydrogen) atoms. The van der Waals surface area contributed by atoms with Gasteiger partial charge in [-0.15, -0.1) is 0 Å². The Morgan fingerprint density at radius 2 is 2.16 bits per heavy atom. The SMILES string of the molecule is CCCc1nc(COc2ccccc2C(C)N)no1. The zero-order valence-electron chi connectivity index (χ0n) is 11.3. The number of nitrogens with zero attached hydrogens (tertiary/aromatic N) is 2. The van der Waals surface area contributed by atoms with Gasteiger partial charge in [0.05, 0.1) is 0 Å². The van der Waals surface area contributed by atoms with Crippen molar-refractivity contribution >= 4 is 0 Å². The maximum absolute atomic E-state index is 5.90. The van der Waals surface area contributed by atoms with Gasteiger partial charge in [0, 0.05) is 18.0 Å². The van der Waals surface area contributed by atoms with Crippen LogP contribution >= 0.6 is 0 Å². The lowest BCUT2D eigenvalue weighted by atomic mass is 10.1. The van der Waals surface area contributed by atoms with Crippen molar-refractivity contribution in [1.29, 1.82) is 0 Å². The Morgan fingerprint density at radius 3 is 2.89 bits per heavy atom. The third-order valence-corrected chi connectivity index (χ3v) is 2.74. The van der Waals surface area contributed by atoms with Gasteiger partial charge in [0.2, 0.25) is 11.7 Å². The van der Waals surface area contributed by atoms with Crippen molar-refractivity contribution < 1.29 is 9.26 Å². The van der Waals surface area contributed by atoms with Crippen molar-refractivity contribution in [2.45, 2.75) is 39.3 Å². The number of hydrogen-bond donors (Lipinski definition) is 1. The molecule has 102 valence electrons. The lowest BCUT2D eigenvalue weighted by Crippen LogP contribution is -2.08. The normalized spacial score (nSPS) is 12.4. The molecule has 1 unspecified atom stereocenters. The van der Waals surface area contributed by atoms with Crippen molar-refractivity contribution in [3.63, 3.8) is 0 Å². The van der Waals surface area contributed by atoms with E-state index >= 15 is 0 Å². The van der Waals surface area contributed by atoms with Crippen LogP contribution in [0.3, 0.4) is 0 Å². The molecule has 1 aromatic heterocycles. The molecular formula is C14H19N3O2. The lowest BCUT2D eigenvalue weighted by molar-refractivity contribution is 0.281. The summed E-state index contributed by atoms with van der Waals surface area (Å²) < 4.78 is 10.8. The molecule has 0 saturated heterocycles. The molecule has 2 aromatic rings. The van der Waals surface area contributed by atoms with Crippen LogP contribution in [0.5, 0.6) is 5.75 Å². The van der Waals surface area contributed by atoms with Gasteiger partial charge in [-0.05, 0) is 19.4 Å². The highest BCUT2D eigenvalue weighted by molar-refractivity contribution is 5.35. The Hall–Kier alpha value is -1.88. The molecule has 0 aliphatic heterocycles. The first kappa shape index (κ1) is 13.5. The fraction of sp³-hybridized carbons (Fsp3) is 0.429. The molecule has 2 rings (SSSR count). The Balaban J connectivity index is 2.01. The van der Waals surface area contributed by atoms with Crippen molar-refractivity contribution in [3.05, 3.63) is 41.5 Å².